The van der Waals surface area contributed by atoms with Gasteiger partial charge < -0.3 is 9.84 Å². The van der Waals surface area contributed by atoms with E-state index in [2.05, 4.69) is 22.4 Å². The molecule has 0 aliphatic heterocycles. The molecule has 0 bridgehead atoms. The van der Waals surface area contributed by atoms with Gasteiger partial charge in [0.1, 0.15) is 5.75 Å². The van der Waals surface area contributed by atoms with Gasteiger partial charge in [-0.3, -0.25) is 0 Å². The minimum absolute atomic E-state index is 0.173. The van der Waals surface area contributed by atoms with Gasteiger partial charge in [-0.2, -0.15) is 4.98 Å². The Labute approximate surface area is 102 Å². The van der Waals surface area contributed by atoms with E-state index in [0.29, 0.717) is 12.3 Å². The van der Waals surface area contributed by atoms with Crippen LogP contribution in [0.25, 0.3) is 0 Å². The summed E-state index contributed by atoms with van der Waals surface area (Å²) in [5.41, 5.74) is 0. The van der Waals surface area contributed by atoms with Crippen molar-refractivity contribution in [1.82, 2.24) is 15.5 Å². The number of rotatable bonds is 7. The molecule has 0 aliphatic carbocycles. The first kappa shape index (κ1) is 14.1. The molecule has 1 unspecified atom stereocenters. The molecule has 6 nitrogen and oxygen atoms in total. The second kappa shape index (κ2) is 6.11. The van der Waals surface area contributed by atoms with Crippen LogP contribution in [-0.2, 0) is 22.0 Å². The van der Waals surface area contributed by atoms with Crippen LogP contribution in [0.1, 0.15) is 32.0 Å². The van der Waals surface area contributed by atoms with E-state index < -0.39 is 9.84 Å². The van der Waals surface area contributed by atoms with Crippen molar-refractivity contribution < 1.29 is 12.9 Å². The SMILES string of the molecule is CCCNC(C)Cc1nc(CS(C)(=O)=O)no1. The Bertz CT molecular complexity index is 441. The summed E-state index contributed by atoms with van der Waals surface area (Å²) in [6, 6.07) is 0.237. The van der Waals surface area contributed by atoms with Crippen molar-refractivity contribution in [3.8, 4) is 0 Å². The van der Waals surface area contributed by atoms with Crippen molar-refractivity contribution in [3.63, 3.8) is 0 Å². The summed E-state index contributed by atoms with van der Waals surface area (Å²) in [7, 11) is -3.11. The fourth-order valence-electron chi connectivity index (χ4n) is 1.39. The van der Waals surface area contributed by atoms with Crippen LogP contribution in [0.5, 0.6) is 0 Å². The summed E-state index contributed by atoms with van der Waals surface area (Å²) in [4.78, 5) is 4.05. The van der Waals surface area contributed by atoms with Gasteiger partial charge in [0.05, 0.1) is 0 Å². The maximum absolute atomic E-state index is 11.0. The third-order valence-electron chi connectivity index (χ3n) is 2.13. The second-order valence-corrected chi connectivity index (χ2v) is 6.37. The Kier molecular flexibility index (Phi) is 5.07. The fourth-order valence-corrected chi connectivity index (χ4v) is 1.98. The average molecular weight is 261 g/mol. The zero-order valence-corrected chi connectivity index (χ0v) is 11.2. The lowest BCUT2D eigenvalue weighted by Gasteiger charge is -2.09. The van der Waals surface area contributed by atoms with Crippen molar-refractivity contribution in [2.24, 2.45) is 0 Å². The molecule has 0 aliphatic rings. The van der Waals surface area contributed by atoms with Crippen LogP contribution < -0.4 is 5.32 Å². The Morgan fingerprint density at radius 2 is 2.18 bits per heavy atom. The van der Waals surface area contributed by atoms with Crippen LogP contribution in [-0.4, -0.2) is 37.4 Å². The van der Waals surface area contributed by atoms with Crippen molar-refractivity contribution in [2.75, 3.05) is 12.8 Å². The van der Waals surface area contributed by atoms with Gasteiger partial charge in [-0.1, -0.05) is 12.1 Å². The summed E-state index contributed by atoms with van der Waals surface area (Å²) in [6.45, 7) is 5.05. The van der Waals surface area contributed by atoms with Gasteiger partial charge in [0.2, 0.25) is 5.89 Å². The van der Waals surface area contributed by atoms with E-state index in [4.69, 9.17) is 4.52 Å². The summed E-state index contributed by atoms with van der Waals surface area (Å²) < 4.78 is 27.1. The molecule has 0 spiro atoms. The topological polar surface area (TPSA) is 85.1 Å². The first-order valence-electron chi connectivity index (χ1n) is 5.63. The Balaban J connectivity index is 2.51. The molecule has 0 fully saturated rings. The molecule has 0 amide bonds. The molecule has 1 aromatic heterocycles. The lowest BCUT2D eigenvalue weighted by molar-refractivity contribution is 0.358. The number of hydrogen-bond acceptors (Lipinski definition) is 6. The van der Waals surface area contributed by atoms with Crippen LogP contribution in [0.3, 0.4) is 0 Å². The predicted molar refractivity (Wildman–Crippen MR) is 64.3 cm³/mol. The number of nitrogens with one attached hydrogen (secondary N) is 1. The van der Waals surface area contributed by atoms with E-state index in [-0.39, 0.29) is 17.6 Å². The predicted octanol–water partition coefficient (Wildman–Crippen LogP) is 0.545. The average Bonchev–Trinajstić information content (AvgIpc) is 2.59. The molecule has 0 saturated carbocycles. The highest BCUT2D eigenvalue weighted by atomic mass is 32.2. The van der Waals surface area contributed by atoms with E-state index in [1.807, 2.05) is 6.92 Å². The summed E-state index contributed by atoms with van der Waals surface area (Å²) in [6.07, 6.45) is 2.82. The zero-order chi connectivity index (χ0) is 12.9. The van der Waals surface area contributed by atoms with E-state index in [1.165, 1.54) is 0 Å². The van der Waals surface area contributed by atoms with Gasteiger partial charge >= 0.3 is 0 Å². The van der Waals surface area contributed by atoms with Crippen molar-refractivity contribution >= 4 is 9.84 Å². The molecule has 0 radical (unpaired) electrons. The van der Waals surface area contributed by atoms with Gasteiger partial charge in [-0.05, 0) is 19.9 Å². The zero-order valence-electron chi connectivity index (χ0n) is 10.4. The van der Waals surface area contributed by atoms with E-state index in [9.17, 15) is 8.42 Å². The number of hydrogen-bond donors (Lipinski definition) is 1. The van der Waals surface area contributed by atoms with Crippen LogP contribution in [0.15, 0.2) is 4.52 Å². The summed E-state index contributed by atoms with van der Waals surface area (Å²) in [5.74, 6) is 0.526. The lowest BCUT2D eigenvalue weighted by atomic mass is 10.2. The maximum Gasteiger partial charge on any atom is 0.228 e. The molecule has 7 heteroatoms. The van der Waals surface area contributed by atoms with Gasteiger partial charge in [0.25, 0.3) is 0 Å². The Morgan fingerprint density at radius 1 is 1.47 bits per heavy atom. The molecular weight excluding hydrogens is 242 g/mol. The van der Waals surface area contributed by atoms with Crippen LogP contribution in [0, 0.1) is 0 Å². The molecule has 98 valence electrons. The highest BCUT2D eigenvalue weighted by Crippen LogP contribution is 2.04. The highest BCUT2D eigenvalue weighted by molar-refractivity contribution is 7.89. The standard InChI is InChI=1S/C10H19N3O3S/c1-4-5-11-8(2)6-10-12-9(13-16-10)7-17(3,14)15/h8,11H,4-7H2,1-3H3. The van der Waals surface area contributed by atoms with Gasteiger partial charge in [-0.15, -0.1) is 0 Å². The van der Waals surface area contributed by atoms with E-state index in [1.54, 1.807) is 0 Å². The summed E-state index contributed by atoms with van der Waals surface area (Å²) >= 11 is 0. The smallest absolute Gasteiger partial charge is 0.228 e. The van der Waals surface area contributed by atoms with Crippen LogP contribution >= 0.6 is 0 Å². The molecule has 0 saturated heterocycles. The van der Waals surface area contributed by atoms with Crippen molar-refractivity contribution in [2.45, 2.75) is 38.5 Å². The molecule has 1 aromatic rings. The third kappa shape index (κ3) is 5.78. The molecule has 17 heavy (non-hydrogen) atoms. The second-order valence-electron chi connectivity index (χ2n) is 4.23. The first-order valence-corrected chi connectivity index (χ1v) is 7.69. The Morgan fingerprint density at radius 3 is 2.76 bits per heavy atom. The fraction of sp³-hybridized carbons (Fsp3) is 0.800. The third-order valence-corrected chi connectivity index (χ3v) is 2.91. The lowest BCUT2D eigenvalue weighted by Crippen LogP contribution is -2.28. The Hall–Kier alpha value is -0.950. The quantitative estimate of drug-likeness (QED) is 0.771. The molecule has 1 rings (SSSR count). The van der Waals surface area contributed by atoms with E-state index >= 15 is 0 Å². The monoisotopic (exact) mass is 261 g/mol. The first-order chi connectivity index (χ1) is 7.90. The summed E-state index contributed by atoms with van der Waals surface area (Å²) in [5, 5.41) is 6.93. The number of aromatic nitrogens is 2. The van der Waals surface area contributed by atoms with E-state index in [0.717, 1.165) is 19.2 Å². The normalized spacial score (nSPS) is 13.8. The highest BCUT2D eigenvalue weighted by Gasteiger charge is 2.13. The van der Waals surface area contributed by atoms with Crippen molar-refractivity contribution in [1.29, 1.82) is 0 Å². The largest absolute Gasteiger partial charge is 0.339 e. The van der Waals surface area contributed by atoms with Gasteiger partial charge in [0.15, 0.2) is 15.7 Å². The van der Waals surface area contributed by atoms with Crippen LogP contribution in [0.4, 0.5) is 0 Å². The molecule has 1 heterocycles. The molecule has 1 atom stereocenters. The van der Waals surface area contributed by atoms with Crippen molar-refractivity contribution in [3.05, 3.63) is 11.7 Å². The number of nitrogens with zero attached hydrogens (tertiary/aromatic N) is 2. The minimum atomic E-state index is -3.11. The van der Waals surface area contributed by atoms with Gasteiger partial charge in [-0.25, -0.2) is 8.42 Å². The van der Waals surface area contributed by atoms with Gasteiger partial charge in [0, 0.05) is 18.7 Å². The van der Waals surface area contributed by atoms with Crippen LogP contribution in [0.2, 0.25) is 0 Å². The maximum atomic E-state index is 11.0. The molecule has 1 N–H and O–H groups in total. The molecular formula is C10H19N3O3S. The molecule has 0 aromatic carbocycles. The number of sulfone groups is 1. The minimum Gasteiger partial charge on any atom is -0.339 e.